The molecule has 19 heavy (non-hydrogen) atoms. The molecule has 5 nitrogen and oxygen atoms in total. The molecule has 1 amide bonds. The number of para-hydroxylation sites is 1. The van der Waals surface area contributed by atoms with Crippen LogP contribution >= 0.6 is 0 Å². The van der Waals surface area contributed by atoms with Gasteiger partial charge in [-0.25, -0.2) is 0 Å². The number of rotatable bonds is 5. The lowest BCUT2D eigenvalue weighted by Gasteiger charge is -2.03. The number of carbonyl (C=O) groups is 1. The van der Waals surface area contributed by atoms with Crippen LogP contribution in [-0.2, 0) is 17.6 Å². The average molecular weight is 259 g/mol. The minimum absolute atomic E-state index is 0.128. The van der Waals surface area contributed by atoms with E-state index < -0.39 is 0 Å². The van der Waals surface area contributed by atoms with Crippen LogP contribution in [0.5, 0.6) is 5.75 Å². The Labute approximate surface area is 111 Å². The summed E-state index contributed by atoms with van der Waals surface area (Å²) in [5.41, 5.74) is 1.60. The first-order chi connectivity index (χ1) is 9.19. The number of nitrogens with zero attached hydrogens (tertiary/aromatic N) is 1. The maximum atomic E-state index is 11.8. The number of carbonyl (C=O) groups excluding carboxylic acids is 1. The number of anilines is 1. The van der Waals surface area contributed by atoms with Gasteiger partial charge >= 0.3 is 0 Å². The Morgan fingerprint density at radius 3 is 2.95 bits per heavy atom. The Hall–Kier alpha value is -2.30. The van der Waals surface area contributed by atoms with Gasteiger partial charge in [-0.2, -0.15) is 5.10 Å². The van der Waals surface area contributed by atoms with Crippen molar-refractivity contribution in [3.05, 3.63) is 41.6 Å². The Bertz CT molecular complexity index is 563. The largest absolute Gasteiger partial charge is 0.508 e. The highest BCUT2D eigenvalue weighted by molar-refractivity contribution is 5.91. The fraction of sp³-hybridized carbons (Fsp3) is 0.286. The quantitative estimate of drug-likeness (QED) is 0.770. The van der Waals surface area contributed by atoms with Gasteiger partial charge in [-0.05, 0) is 12.5 Å². The Balaban J connectivity index is 1.95. The van der Waals surface area contributed by atoms with Crippen LogP contribution in [0.4, 0.5) is 5.82 Å². The van der Waals surface area contributed by atoms with Gasteiger partial charge in [0.25, 0.3) is 0 Å². The molecule has 0 atom stereocenters. The van der Waals surface area contributed by atoms with Crippen LogP contribution < -0.4 is 5.32 Å². The van der Waals surface area contributed by atoms with Crippen molar-refractivity contribution in [1.29, 1.82) is 0 Å². The summed E-state index contributed by atoms with van der Waals surface area (Å²) < 4.78 is 0. The molecule has 0 fully saturated rings. The molecular formula is C14H17N3O2. The molecule has 0 saturated heterocycles. The van der Waals surface area contributed by atoms with Gasteiger partial charge in [-0.3, -0.25) is 9.89 Å². The summed E-state index contributed by atoms with van der Waals surface area (Å²) in [7, 11) is 0. The molecule has 2 rings (SSSR count). The van der Waals surface area contributed by atoms with Crippen molar-refractivity contribution in [3.63, 3.8) is 0 Å². The lowest BCUT2D eigenvalue weighted by atomic mass is 10.1. The normalized spacial score (nSPS) is 10.4. The lowest BCUT2D eigenvalue weighted by molar-refractivity contribution is -0.115. The number of nitrogens with one attached hydrogen (secondary N) is 2. The predicted octanol–water partition coefficient (Wildman–Crippen LogP) is 2.25. The first kappa shape index (κ1) is 13.1. The molecule has 0 aliphatic rings. The molecule has 0 aliphatic heterocycles. The molecule has 100 valence electrons. The number of hydrogen-bond acceptors (Lipinski definition) is 3. The van der Waals surface area contributed by atoms with Crippen molar-refractivity contribution in [2.75, 3.05) is 5.32 Å². The van der Waals surface area contributed by atoms with Crippen molar-refractivity contribution in [1.82, 2.24) is 10.2 Å². The van der Waals surface area contributed by atoms with Crippen molar-refractivity contribution >= 4 is 11.7 Å². The van der Waals surface area contributed by atoms with E-state index in [9.17, 15) is 9.90 Å². The van der Waals surface area contributed by atoms with E-state index in [4.69, 9.17) is 0 Å². The number of amides is 1. The fourth-order valence-electron chi connectivity index (χ4n) is 1.84. The molecule has 1 aromatic carbocycles. The number of benzene rings is 1. The van der Waals surface area contributed by atoms with E-state index in [0.717, 1.165) is 18.5 Å². The molecule has 0 bridgehead atoms. The third-order valence-corrected chi connectivity index (χ3v) is 2.76. The van der Waals surface area contributed by atoms with Crippen LogP contribution in [-0.4, -0.2) is 21.2 Å². The van der Waals surface area contributed by atoms with Crippen LogP contribution in [0.3, 0.4) is 0 Å². The van der Waals surface area contributed by atoms with Crippen LogP contribution in [0.25, 0.3) is 0 Å². The van der Waals surface area contributed by atoms with E-state index in [1.54, 1.807) is 24.3 Å². The maximum absolute atomic E-state index is 11.8. The molecule has 0 saturated carbocycles. The van der Waals surface area contributed by atoms with Gasteiger partial charge < -0.3 is 10.4 Å². The Morgan fingerprint density at radius 2 is 2.21 bits per heavy atom. The number of phenolic OH excluding ortho intramolecular Hbond substituents is 1. The summed E-state index contributed by atoms with van der Waals surface area (Å²) in [6, 6.07) is 8.63. The lowest BCUT2D eigenvalue weighted by Crippen LogP contribution is -2.14. The summed E-state index contributed by atoms with van der Waals surface area (Å²) in [5, 5.41) is 19.2. The van der Waals surface area contributed by atoms with Gasteiger partial charge in [-0.15, -0.1) is 0 Å². The number of aromatic nitrogens is 2. The van der Waals surface area contributed by atoms with Gasteiger partial charge in [-0.1, -0.05) is 31.5 Å². The second-order valence-corrected chi connectivity index (χ2v) is 4.38. The summed E-state index contributed by atoms with van der Waals surface area (Å²) in [5.74, 6) is 0.450. The molecule has 0 unspecified atom stereocenters. The third kappa shape index (κ3) is 3.58. The summed E-state index contributed by atoms with van der Waals surface area (Å²) in [4.78, 5) is 11.8. The van der Waals surface area contributed by atoms with E-state index in [0.29, 0.717) is 11.4 Å². The van der Waals surface area contributed by atoms with Gasteiger partial charge in [0.2, 0.25) is 5.91 Å². The van der Waals surface area contributed by atoms with Crippen LogP contribution in [0.1, 0.15) is 24.6 Å². The molecule has 5 heteroatoms. The second kappa shape index (κ2) is 6.04. The molecule has 0 radical (unpaired) electrons. The van der Waals surface area contributed by atoms with Crippen molar-refractivity contribution in [2.24, 2.45) is 0 Å². The van der Waals surface area contributed by atoms with Gasteiger partial charge in [0, 0.05) is 17.3 Å². The highest BCUT2D eigenvalue weighted by Gasteiger charge is 2.09. The first-order valence-corrected chi connectivity index (χ1v) is 6.30. The van der Waals surface area contributed by atoms with Crippen LogP contribution in [0, 0.1) is 0 Å². The molecule has 3 N–H and O–H groups in total. The van der Waals surface area contributed by atoms with E-state index in [2.05, 4.69) is 22.4 Å². The van der Waals surface area contributed by atoms with Gasteiger partial charge in [0.15, 0.2) is 5.82 Å². The van der Waals surface area contributed by atoms with E-state index in [-0.39, 0.29) is 18.1 Å². The minimum atomic E-state index is -0.198. The van der Waals surface area contributed by atoms with Crippen LogP contribution in [0.2, 0.25) is 0 Å². The molecule has 2 aromatic rings. The highest BCUT2D eigenvalue weighted by atomic mass is 16.3. The Kier molecular flexibility index (Phi) is 4.18. The molecule has 0 spiro atoms. The fourth-order valence-corrected chi connectivity index (χ4v) is 1.84. The van der Waals surface area contributed by atoms with Crippen molar-refractivity contribution in [3.8, 4) is 5.75 Å². The van der Waals surface area contributed by atoms with Crippen LogP contribution in [0.15, 0.2) is 30.3 Å². The van der Waals surface area contributed by atoms with Crippen molar-refractivity contribution in [2.45, 2.75) is 26.2 Å². The van der Waals surface area contributed by atoms with E-state index in [1.165, 1.54) is 0 Å². The van der Waals surface area contributed by atoms with E-state index >= 15 is 0 Å². The number of aromatic amines is 1. The number of H-pyrrole nitrogens is 1. The third-order valence-electron chi connectivity index (χ3n) is 2.76. The van der Waals surface area contributed by atoms with Gasteiger partial charge in [0.05, 0.1) is 6.42 Å². The summed E-state index contributed by atoms with van der Waals surface area (Å²) in [6.45, 7) is 2.08. The topological polar surface area (TPSA) is 78.0 Å². The standard InChI is InChI=1S/C14H17N3O2/c1-2-5-11-9-13(17-16-11)15-14(19)8-10-6-3-4-7-12(10)18/h3-4,6-7,9,18H,2,5,8H2,1H3,(H2,15,16,17,19). The average Bonchev–Trinajstić information content (AvgIpc) is 2.80. The predicted molar refractivity (Wildman–Crippen MR) is 73.0 cm³/mol. The minimum Gasteiger partial charge on any atom is -0.508 e. The number of aromatic hydroxyl groups is 1. The van der Waals surface area contributed by atoms with E-state index in [1.807, 2.05) is 6.07 Å². The maximum Gasteiger partial charge on any atom is 0.230 e. The monoisotopic (exact) mass is 259 g/mol. The smallest absolute Gasteiger partial charge is 0.230 e. The number of aryl methyl sites for hydroxylation is 1. The first-order valence-electron chi connectivity index (χ1n) is 6.30. The summed E-state index contributed by atoms with van der Waals surface area (Å²) in [6.07, 6.45) is 2.05. The summed E-state index contributed by atoms with van der Waals surface area (Å²) >= 11 is 0. The number of hydrogen-bond donors (Lipinski definition) is 3. The molecule has 1 heterocycles. The molecule has 1 aromatic heterocycles. The zero-order chi connectivity index (χ0) is 13.7. The SMILES string of the molecule is CCCc1cc(NC(=O)Cc2ccccc2O)n[nH]1. The second-order valence-electron chi connectivity index (χ2n) is 4.38. The van der Waals surface area contributed by atoms with Crippen molar-refractivity contribution < 1.29 is 9.90 Å². The molecule has 0 aliphatic carbocycles. The Morgan fingerprint density at radius 1 is 1.42 bits per heavy atom. The van der Waals surface area contributed by atoms with Gasteiger partial charge in [0.1, 0.15) is 5.75 Å². The number of phenols is 1. The zero-order valence-electron chi connectivity index (χ0n) is 10.8. The highest BCUT2D eigenvalue weighted by Crippen LogP contribution is 2.16. The molecular weight excluding hydrogens is 242 g/mol. The zero-order valence-corrected chi connectivity index (χ0v) is 10.8.